The van der Waals surface area contributed by atoms with Crippen molar-refractivity contribution in [3.05, 3.63) is 73.3 Å². The molecule has 0 spiro atoms. The Morgan fingerprint density at radius 2 is 1.56 bits per heavy atom. The second-order valence-electron chi connectivity index (χ2n) is 6.06. The van der Waals surface area contributed by atoms with Crippen LogP contribution in [0, 0.1) is 0 Å². The minimum atomic E-state index is -2.95. The van der Waals surface area contributed by atoms with Crippen LogP contribution < -0.4 is 21.4 Å². The van der Waals surface area contributed by atoms with Gasteiger partial charge >= 0.3 is 0 Å². The molecule has 0 aliphatic rings. The van der Waals surface area contributed by atoms with Gasteiger partial charge in [0.15, 0.2) is 11.5 Å². The molecule has 0 atom stereocenters. The minimum absolute atomic E-state index is 0.353. The molecule has 7 nitrogen and oxygen atoms in total. The number of nitrogens with one attached hydrogen (secondary N) is 1. The molecule has 0 unspecified atom stereocenters. The van der Waals surface area contributed by atoms with Crippen molar-refractivity contribution in [2.24, 2.45) is 0 Å². The first kappa shape index (κ1) is 17.4. The van der Waals surface area contributed by atoms with Crippen molar-refractivity contribution in [3.8, 4) is 0 Å². The van der Waals surface area contributed by atoms with Gasteiger partial charge in [-0.3, -0.25) is 9.65 Å². The highest BCUT2D eigenvalue weighted by Crippen LogP contribution is 2.38. The van der Waals surface area contributed by atoms with E-state index >= 15 is 0 Å². The van der Waals surface area contributed by atoms with Crippen LogP contribution in [0.15, 0.2) is 73.3 Å². The first-order valence-electron chi connectivity index (χ1n) is 8.56. The molecule has 0 bridgehead atoms. The second kappa shape index (κ2) is 7.31. The number of benzene rings is 2. The molecule has 8 heteroatoms. The van der Waals surface area contributed by atoms with Gasteiger partial charge in [0.25, 0.3) is 0 Å². The molecule has 3 N–H and O–H groups in total. The van der Waals surface area contributed by atoms with Gasteiger partial charge in [0.2, 0.25) is 7.29 Å². The van der Waals surface area contributed by atoms with Crippen LogP contribution in [0.5, 0.6) is 0 Å². The molecule has 0 aliphatic heterocycles. The molecule has 0 amide bonds. The third-order valence-electron chi connectivity index (χ3n) is 4.36. The summed E-state index contributed by atoms with van der Waals surface area (Å²) in [7, 11) is -2.95. The van der Waals surface area contributed by atoms with Gasteiger partial charge in [-0.05, 0) is 24.3 Å². The van der Waals surface area contributed by atoms with Crippen molar-refractivity contribution in [3.63, 3.8) is 0 Å². The van der Waals surface area contributed by atoms with E-state index in [2.05, 4.69) is 20.0 Å². The first-order chi connectivity index (χ1) is 13.2. The maximum Gasteiger partial charge on any atom is 0.204 e. The third kappa shape index (κ3) is 3.35. The Morgan fingerprint density at radius 3 is 2.19 bits per heavy atom. The smallest absolute Gasteiger partial charge is 0.204 e. The van der Waals surface area contributed by atoms with Crippen LogP contribution in [0.4, 0.5) is 5.82 Å². The summed E-state index contributed by atoms with van der Waals surface area (Å²) in [5.74, 6) is 0.353. The zero-order valence-corrected chi connectivity index (χ0v) is 15.5. The second-order valence-corrected chi connectivity index (χ2v) is 8.63. The maximum atomic E-state index is 13.9. The lowest BCUT2D eigenvalue weighted by atomic mass is 10.4. The van der Waals surface area contributed by atoms with Gasteiger partial charge in [0, 0.05) is 23.7 Å². The van der Waals surface area contributed by atoms with Crippen molar-refractivity contribution in [1.82, 2.24) is 24.6 Å². The van der Waals surface area contributed by atoms with Gasteiger partial charge in [0.05, 0.1) is 6.33 Å². The van der Waals surface area contributed by atoms with Crippen LogP contribution in [0.2, 0.25) is 0 Å². The lowest BCUT2D eigenvalue weighted by Gasteiger charge is -2.20. The standard InChI is InChI=1S/C19H19N6OP/c20-18-17-19(22-13-21-18)25(14-23-17)12-11-24-27(26,15-7-3-1-4-8-15)16-9-5-2-6-10-16/h1-10,13-14H,11-12H2,(H,24,26)(H2,20,21,22). The van der Waals surface area contributed by atoms with E-state index in [4.69, 9.17) is 5.73 Å². The number of hydrogen-bond acceptors (Lipinski definition) is 5. The highest BCUT2D eigenvalue weighted by molar-refractivity contribution is 7.76. The molecule has 2 heterocycles. The summed E-state index contributed by atoms with van der Waals surface area (Å²) < 4.78 is 15.8. The fraction of sp³-hybridized carbons (Fsp3) is 0.105. The van der Waals surface area contributed by atoms with Gasteiger partial charge in [0.1, 0.15) is 11.8 Å². The zero-order valence-electron chi connectivity index (χ0n) is 14.6. The molecule has 0 saturated heterocycles. The maximum absolute atomic E-state index is 13.9. The van der Waals surface area contributed by atoms with Gasteiger partial charge < -0.3 is 10.3 Å². The third-order valence-corrected chi connectivity index (χ3v) is 7.08. The van der Waals surface area contributed by atoms with Crippen LogP contribution >= 0.6 is 7.29 Å². The molecular formula is C19H19N6OP. The number of aromatic nitrogens is 4. The van der Waals surface area contributed by atoms with Crippen LogP contribution in [-0.2, 0) is 11.1 Å². The predicted octanol–water partition coefficient (Wildman–Crippen LogP) is 1.93. The molecule has 27 heavy (non-hydrogen) atoms. The van der Waals surface area contributed by atoms with Crippen molar-refractivity contribution in [2.45, 2.75) is 6.54 Å². The summed E-state index contributed by atoms with van der Waals surface area (Å²) in [4.78, 5) is 12.5. The Morgan fingerprint density at radius 1 is 0.926 bits per heavy atom. The van der Waals surface area contributed by atoms with E-state index in [-0.39, 0.29) is 0 Å². The lowest BCUT2D eigenvalue weighted by Crippen LogP contribution is -2.29. The predicted molar refractivity (Wildman–Crippen MR) is 107 cm³/mol. The largest absolute Gasteiger partial charge is 0.382 e. The van der Waals surface area contributed by atoms with Crippen molar-refractivity contribution in [2.75, 3.05) is 12.3 Å². The van der Waals surface area contributed by atoms with Crippen LogP contribution in [0.25, 0.3) is 11.2 Å². The van der Waals surface area contributed by atoms with E-state index in [9.17, 15) is 4.57 Å². The summed E-state index contributed by atoms with van der Waals surface area (Å²) in [6, 6.07) is 19.0. The number of nitrogen functional groups attached to an aromatic ring is 1. The van der Waals surface area contributed by atoms with Gasteiger partial charge in [-0.15, -0.1) is 0 Å². The Hall–Kier alpha value is -3.02. The Kier molecular flexibility index (Phi) is 4.71. The lowest BCUT2D eigenvalue weighted by molar-refractivity contribution is 0.573. The fourth-order valence-electron chi connectivity index (χ4n) is 3.00. The summed E-state index contributed by atoms with van der Waals surface area (Å²) >= 11 is 0. The van der Waals surface area contributed by atoms with E-state index in [0.29, 0.717) is 30.1 Å². The molecule has 4 rings (SSSR count). The highest BCUT2D eigenvalue weighted by atomic mass is 31.2. The SMILES string of the molecule is Nc1ncnc2c1ncn2CCNP(=O)(c1ccccc1)c1ccccc1. The summed E-state index contributed by atoms with van der Waals surface area (Å²) in [6.45, 7) is 1.03. The van der Waals surface area contributed by atoms with Gasteiger partial charge in [-0.25, -0.2) is 15.0 Å². The number of anilines is 1. The highest BCUT2D eigenvalue weighted by Gasteiger charge is 2.26. The average molecular weight is 378 g/mol. The normalized spacial score (nSPS) is 11.7. The molecule has 0 aliphatic carbocycles. The Bertz CT molecular complexity index is 1050. The number of hydrogen-bond donors (Lipinski definition) is 2. The van der Waals surface area contributed by atoms with E-state index in [1.165, 1.54) is 6.33 Å². The van der Waals surface area contributed by atoms with E-state index in [0.717, 1.165) is 10.6 Å². The van der Waals surface area contributed by atoms with Gasteiger partial charge in [-0.2, -0.15) is 0 Å². The molecule has 0 fully saturated rings. The molecule has 0 radical (unpaired) electrons. The van der Waals surface area contributed by atoms with Crippen molar-refractivity contribution < 1.29 is 4.57 Å². The van der Waals surface area contributed by atoms with Crippen molar-refractivity contribution >= 4 is 34.9 Å². The number of nitrogens with two attached hydrogens (primary N) is 1. The quantitative estimate of drug-likeness (QED) is 0.498. The van der Waals surface area contributed by atoms with Gasteiger partial charge in [-0.1, -0.05) is 36.4 Å². The Labute approximate surface area is 156 Å². The summed E-state index contributed by atoms with van der Waals surface area (Å²) in [5.41, 5.74) is 7.07. The Balaban J connectivity index is 1.60. The first-order valence-corrected chi connectivity index (χ1v) is 10.3. The number of rotatable bonds is 6. The number of nitrogens with zero attached hydrogens (tertiary/aromatic N) is 4. The molecular weight excluding hydrogens is 359 g/mol. The fourth-order valence-corrected chi connectivity index (χ4v) is 5.26. The topological polar surface area (TPSA) is 98.7 Å². The minimum Gasteiger partial charge on any atom is -0.382 e. The molecule has 2 aromatic heterocycles. The number of imidazole rings is 1. The molecule has 0 saturated carbocycles. The monoisotopic (exact) mass is 378 g/mol. The van der Waals surface area contributed by atoms with Crippen LogP contribution in [-0.4, -0.2) is 26.1 Å². The average Bonchev–Trinajstić information content (AvgIpc) is 3.14. The number of fused-ring (bicyclic) bond motifs is 1. The molecule has 136 valence electrons. The van der Waals surface area contributed by atoms with Crippen molar-refractivity contribution in [1.29, 1.82) is 0 Å². The zero-order chi connectivity index (χ0) is 18.7. The van der Waals surface area contributed by atoms with E-state index in [1.807, 2.05) is 65.2 Å². The molecule has 2 aromatic carbocycles. The summed E-state index contributed by atoms with van der Waals surface area (Å²) in [5, 5.41) is 4.83. The molecule has 4 aromatic rings. The van der Waals surface area contributed by atoms with Crippen LogP contribution in [0.3, 0.4) is 0 Å². The summed E-state index contributed by atoms with van der Waals surface area (Å²) in [6.07, 6.45) is 3.09. The van der Waals surface area contributed by atoms with E-state index < -0.39 is 7.29 Å². The van der Waals surface area contributed by atoms with E-state index in [1.54, 1.807) is 6.33 Å². The van der Waals surface area contributed by atoms with Crippen LogP contribution in [0.1, 0.15) is 0 Å².